The highest BCUT2D eigenvalue weighted by atomic mass is 16.2. The van der Waals surface area contributed by atoms with Crippen LogP contribution in [0.3, 0.4) is 0 Å². The van der Waals surface area contributed by atoms with Gasteiger partial charge in [0.25, 0.3) is 5.91 Å². The van der Waals surface area contributed by atoms with Gasteiger partial charge in [-0.15, -0.1) is 0 Å². The molecule has 0 aromatic heterocycles. The number of carbonyl (C=O) groups excluding carboxylic acids is 2. The Morgan fingerprint density at radius 3 is 2.05 bits per heavy atom. The van der Waals surface area contributed by atoms with E-state index in [-0.39, 0.29) is 11.8 Å². The average Bonchev–Trinajstić information content (AvgIpc) is 2.53. The lowest BCUT2D eigenvalue weighted by molar-refractivity contribution is -0.114. The van der Waals surface area contributed by atoms with Crippen molar-refractivity contribution in [1.82, 2.24) is 5.32 Å². The van der Waals surface area contributed by atoms with E-state index in [4.69, 9.17) is 0 Å². The fourth-order valence-corrected chi connectivity index (χ4v) is 2.09. The Hall–Kier alpha value is -2.62. The first kappa shape index (κ1) is 15.8. The Balaban J connectivity index is 1.91. The maximum atomic E-state index is 12.1. The first-order valence-corrected chi connectivity index (χ1v) is 7.32. The summed E-state index contributed by atoms with van der Waals surface area (Å²) in [6.07, 6.45) is 0.961. The summed E-state index contributed by atoms with van der Waals surface area (Å²) in [6.45, 7) is 4.01. The van der Waals surface area contributed by atoms with Crippen molar-refractivity contribution in [2.45, 2.75) is 26.8 Å². The van der Waals surface area contributed by atoms with E-state index in [1.807, 2.05) is 48.5 Å². The summed E-state index contributed by atoms with van der Waals surface area (Å²) < 4.78 is 0. The number of benzene rings is 2. The Bertz CT molecular complexity index is 646. The molecule has 2 amide bonds. The van der Waals surface area contributed by atoms with Crippen LogP contribution in [0.4, 0.5) is 5.69 Å². The predicted octanol–water partition coefficient (Wildman–Crippen LogP) is 3.14. The minimum Gasteiger partial charge on any atom is -0.348 e. The van der Waals surface area contributed by atoms with Gasteiger partial charge >= 0.3 is 0 Å². The minimum absolute atomic E-state index is 0.0893. The van der Waals surface area contributed by atoms with Gasteiger partial charge in [0.2, 0.25) is 5.91 Å². The molecule has 0 saturated carbocycles. The second kappa shape index (κ2) is 7.41. The minimum atomic E-state index is -0.100. The molecular weight excluding hydrogens is 276 g/mol. The second-order valence-corrected chi connectivity index (χ2v) is 5.11. The molecular formula is C18H20N2O2. The van der Waals surface area contributed by atoms with E-state index >= 15 is 0 Å². The van der Waals surface area contributed by atoms with Crippen LogP contribution in [0.2, 0.25) is 0 Å². The van der Waals surface area contributed by atoms with Gasteiger partial charge in [-0.05, 0) is 41.8 Å². The summed E-state index contributed by atoms with van der Waals surface area (Å²) in [4.78, 5) is 23.0. The van der Waals surface area contributed by atoms with E-state index in [1.165, 1.54) is 12.5 Å². The van der Waals surface area contributed by atoms with Crippen LogP contribution in [0.1, 0.15) is 35.3 Å². The summed E-state index contributed by atoms with van der Waals surface area (Å²) >= 11 is 0. The number of nitrogens with one attached hydrogen (secondary N) is 2. The molecule has 22 heavy (non-hydrogen) atoms. The van der Waals surface area contributed by atoms with Crippen molar-refractivity contribution in [3.63, 3.8) is 0 Å². The van der Waals surface area contributed by atoms with Crippen molar-refractivity contribution < 1.29 is 9.59 Å². The van der Waals surface area contributed by atoms with E-state index in [9.17, 15) is 9.59 Å². The number of aryl methyl sites for hydroxylation is 1. The molecule has 0 radical (unpaired) electrons. The number of hydrogen-bond acceptors (Lipinski definition) is 2. The van der Waals surface area contributed by atoms with Gasteiger partial charge in [0.1, 0.15) is 0 Å². The molecule has 0 saturated heterocycles. The van der Waals surface area contributed by atoms with E-state index in [1.54, 1.807) is 0 Å². The van der Waals surface area contributed by atoms with E-state index in [0.29, 0.717) is 12.1 Å². The molecule has 114 valence electrons. The largest absolute Gasteiger partial charge is 0.348 e. The zero-order valence-electron chi connectivity index (χ0n) is 12.8. The van der Waals surface area contributed by atoms with Gasteiger partial charge < -0.3 is 10.6 Å². The number of anilines is 1. The highest BCUT2D eigenvalue weighted by Crippen LogP contribution is 2.10. The molecule has 2 aromatic rings. The van der Waals surface area contributed by atoms with Crippen LogP contribution in [0.25, 0.3) is 0 Å². The van der Waals surface area contributed by atoms with Crippen molar-refractivity contribution in [2.24, 2.45) is 0 Å². The Morgan fingerprint density at radius 2 is 1.50 bits per heavy atom. The van der Waals surface area contributed by atoms with Crippen LogP contribution in [-0.4, -0.2) is 11.8 Å². The third kappa shape index (κ3) is 4.45. The first-order valence-electron chi connectivity index (χ1n) is 7.32. The number of hydrogen-bond donors (Lipinski definition) is 2. The van der Waals surface area contributed by atoms with Crippen LogP contribution in [0, 0.1) is 0 Å². The number of carbonyl (C=O) groups is 2. The maximum Gasteiger partial charge on any atom is 0.251 e. The van der Waals surface area contributed by atoms with Crippen molar-refractivity contribution in [1.29, 1.82) is 0 Å². The van der Waals surface area contributed by atoms with E-state index in [0.717, 1.165) is 17.7 Å². The Morgan fingerprint density at radius 1 is 0.909 bits per heavy atom. The quantitative estimate of drug-likeness (QED) is 0.890. The Labute approximate surface area is 130 Å². The summed E-state index contributed by atoms with van der Waals surface area (Å²) in [5, 5.41) is 5.59. The fraction of sp³-hybridized carbons (Fsp3) is 0.222. The molecule has 0 aliphatic rings. The molecule has 0 spiro atoms. The van der Waals surface area contributed by atoms with E-state index in [2.05, 4.69) is 17.6 Å². The molecule has 4 heteroatoms. The smallest absolute Gasteiger partial charge is 0.251 e. The lowest BCUT2D eigenvalue weighted by atomic mass is 10.1. The van der Waals surface area contributed by atoms with Crippen LogP contribution in [0.5, 0.6) is 0 Å². The lowest BCUT2D eigenvalue weighted by Gasteiger charge is -2.07. The van der Waals surface area contributed by atoms with Crippen LogP contribution in [0.15, 0.2) is 48.5 Å². The third-order valence-electron chi connectivity index (χ3n) is 3.35. The molecule has 4 nitrogen and oxygen atoms in total. The van der Waals surface area contributed by atoms with Gasteiger partial charge in [-0.1, -0.05) is 31.2 Å². The molecule has 2 rings (SSSR count). The zero-order chi connectivity index (χ0) is 15.9. The SMILES string of the molecule is CCc1ccc(C(=O)NCc2ccc(NC(C)=O)cc2)cc1. The molecule has 0 heterocycles. The van der Waals surface area contributed by atoms with E-state index < -0.39 is 0 Å². The topological polar surface area (TPSA) is 58.2 Å². The van der Waals surface area contributed by atoms with Gasteiger partial charge in [0.15, 0.2) is 0 Å². The monoisotopic (exact) mass is 296 g/mol. The van der Waals surface area contributed by atoms with Gasteiger partial charge in [0, 0.05) is 24.7 Å². The van der Waals surface area contributed by atoms with Crippen molar-refractivity contribution in [3.05, 3.63) is 65.2 Å². The average molecular weight is 296 g/mol. The molecule has 2 N–H and O–H groups in total. The highest BCUT2D eigenvalue weighted by Gasteiger charge is 2.05. The van der Waals surface area contributed by atoms with Crippen molar-refractivity contribution in [3.8, 4) is 0 Å². The van der Waals surface area contributed by atoms with Gasteiger partial charge in [-0.25, -0.2) is 0 Å². The number of rotatable bonds is 5. The van der Waals surface area contributed by atoms with Crippen molar-refractivity contribution in [2.75, 3.05) is 5.32 Å². The molecule has 2 aromatic carbocycles. The molecule has 0 atom stereocenters. The fourth-order valence-electron chi connectivity index (χ4n) is 2.09. The summed E-state index contributed by atoms with van der Waals surface area (Å²) in [5.74, 6) is -0.190. The molecule has 0 bridgehead atoms. The zero-order valence-corrected chi connectivity index (χ0v) is 12.8. The first-order chi connectivity index (χ1) is 10.6. The van der Waals surface area contributed by atoms with Crippen LogP contribution < -0.4 is 10.6 Å². The summed E-state index contributed by atoms with van der Waals surface area (Å²) in [6, 6.07) is 15.0. The lowest BCUT2D eigenvalue weighted by Crippen LogP contribution is -2.22. The molecule has 0 fully saturated rings. The third-order valence-corrected chi connectivity index (χ3v) is 3.35. The molecule has 0 unspecified atom stereocenters. The normalized spacial score (nSPS) is 10.1. The summed E-state index contributed by atoms with van der Waals surface area (Å²) in [5.41, 5.74) is 3.60. The maximum absolute atomic E-state index is 12.1. The van der Waals surface area contributed by atoms with Gasteiger partial charge in [-0.2, -0.15) is 0 Å². The molecule has 0 aliphatic carbocycles. The summed E-state index contributed by atoms with van der Waals surface area (Å²) in [7, 11) is 0. The standard InChI is InChI=1S/C18H20N2O2/c1-3-14-4-8-16(9-5-14)18(22)19-12-15-6-10-17(11-7-15)20-13(2)21/h4-11H,3,12H2,1-2H3,(H,19,22)(H,20,21). The second-order valence-electron chi connectivity index (χ2n) is 5.11. The number of amides is 2. The predicted molar refractivity (Wildman–Crippen MR) is 87.7 cm³/mol. The molecule has 0 aliphatic heterocycles. The van der Waals surface area contributed by atoms with Crippen molar-refractivity contribution >= 4 is 17.5 Å². The highest BCUT2D eigenvalue weighted by molar-refractivity contribution is 5.94. The van der Waals surface area contributed by atoms with Gasteiger partial charge in [0.05, 0.1) is 0 Å². The van der Waals surface area contributed by atoms with Crippen LogP contribution >= 0.6 is 0 Å². The van der Waals surface area contributed by atoms with Gasteiger partial charge in [-0.3, -0.25) is 9.59 Å². The Kier molecular flexibility index (Phi) is 5.31. The van der Waals surface area contributed by atoms with Crippen LogP contribution in [-0.2, 0) is 17.8 Å².